The quantitative estimate of drug-likeness (QED) is 0.294. The van der Waals surface area contributed by atoms with Crippen LogP contribution in [-0.4, -0.2) is 34.0 Å². The average molecular weight is 76.3 g/mol. The standard InChI is InChI=1S/Mg.2H2O.O/h;2*1H2;/q+2;;;-2. The van der Waals surface area contributed by atoms with Crippen molar-refractivity contribution >= 4 is 23.1 Å². The van der Waals surface area contributed by atoms with E-state index < -0.39 is 0 Å². The third-order valence-electron chi connectivity index (χ3n) is 0. The van der Waals surface area contributed by atoms with Gasteiger partial charge >= 0.3 is 23.1 Å². The van der Waals surface area contributed by atoms with Gasteiger partial charge in [0.25, 0.3) is 0 Å². The molecule has 0 saturated heterocycles. The molecule has 0 aromatic rings. The Morgan fingerprint density at radius 2 is 0.750 bits per heavy atom. The topological polar surface area (TPSA) is 91.5 Å². The van der Waals surface area contributed by atoms with Crippen molar-refractivity contribution in [2.75, 3.05) is 0 Å². The first-order valence-corrected chi connectivity index (χ1v) is 0. The summed E-state index contributed by atoms with van der Waals surface area (Å²) in [6.07, 6.45) is 0. The van der Waals surface area contributed by atoms with Crippen molar-refractivity contribution in [1.29, 1.82) is 0 Å². The molecule has 0 heterocycles. The smallest absolute Gasteiger partial charge is 2.00 e. The molecule has 3 nitrogen and oxygen atoms in total. The molecule has 0 aliphatic heterocycles. The van der Waals surface area contributed by atoms with Crippen LogP contribution >= 0.6 is 0 Å². The molecule has 0 atom stereocenters. The Kier molecular flexibility index (Phi) is 2260. The van der Waals surface area contributed by atoms with Gasteiger partial charge < -0.3 is 16.4 Å². The maximum absolute atomic E-state index is 0. The zero-order valence-corrected chi connectivity index (χ0v) is 3.53. The molecule has 0 aliphatic carbocycles. The maximum atomic E-state index is 0. The van der Waals surface area contributed by atoms with Crippen LogP contribution in [0.1, 0.15) is 0 Å². The van der Waals surface area contributed by atoms with E-state index in [1.807, 2.05) is 0 Å². The second-order valence-electron chi connectivity index (χ2n) is 0. The Morgan fingerprint density at radius 3 is 0.750 bits per heavy atom. The molecule has 0 saturated carbocycles. The summed E-state index contributed by atoms with van der Waals surface area (Å²) in [5, 5.41) is 0. The average Bonchev–Trinajstić information content (AvgIpc) is 0. The molecule has 4 heavy (non-hydrogen) atoms. The van der Waals surface area contributed by atoms with Crippen molar-refractivity contribution < 1.29 is 16.4 Å². The minimum Gasteiger partial charge on any atom is -2.00 e. The van der Waals surface area contributed by atoms with Crippen molar-refractivity contribution in [3.63, 3.8) is 0 Å². The zero-order chi connectivity index (χ0) is 0. The van der Waals surface area contributed by atoms with Crippen molar-refractivity contribution in [1.82, 2.24) is 0 Å². The van der Waals surface area contributed by atoms with E-state index in [1.54, 1.807) is 0 Å². The van der Waals surface area contributed by atoms with Crippen molar-refractivity contribution in [2.24, 2.45) is 0 Å². The Bertz CT molecular complexity index is 3.25. The molecular formula is H4MgO3. The summed E-state index contributed by atoms with van der Waals surface area (Å²) in [6.45, 7) is 0. The molecule has 4 heteroatoms. The van der Waals surface area contributed by atoms with Crippen LogP contribution < -0.4 is 0 Å². The van der Waals surface area contributed by atoms with Crippen molar-refractivity contribution in [3.05, 3.63) is 0 Å². The molecule has 0 aromatic carbocycles. The summed E-state index contributed by atoms with van der Waals surface area (Å²) in [5.74, 6) is 0. The van der Waals surface area contributed by atoms with Crippen molar-refractivity contribution in [3.8, 4) is 0 Å². The third kappa shape index (κ3) is 17.2. The third-order valence-corrected chi connectivity index (χ3v) is 0. The molecule has 0 bridgehead atoms. The van der Waals surface area contributed by atoms with Gasteiger partial charge in [0.05, 0.1) is 0 Å². The molecule has 0 aliphatic rings. The van der Waals surface area contributed by atoms with Crippen LogP contribution in [0.25, 0.3) is 0 Å². The molecule has 0 unspecified atom stereocenters. The Labute approximate surface area is 40.1 Å². The summed E-state index contributed by atoms with van der Waals surface area (Å²) in [6, 6.07) is 0. The fourth-order valence-electron chi connectivity index (χ4n) is 0. The zero-order valence-electron chi connectivity index (χ0n) is 2.12. The predicted molar refractivity (Wildman–Crippen MR) is 13.7 cm³/mol. The van der Waals surface area contributed by atoms with E-state index in [4.69, 9.17) is 0 Å². The monoisotopic (exact) mass is 76.0 g/mol. The molecule has 24 valence electrons. The largest absolute Gasteiger partial charge is 2.00 e. The van der Waals surface area contributed by atoms with Crippen LogP contribution in [0.15, 0.2) is 0 Å². The van der Waals surface area contributed by atoms with E-state index in [2.05, 4.69) is 0 Å². The Morgan fingerprint density at radius 1 is 0.750 bits per heavy atom. The first-order chi connectivity index (χ1) is 0. The minimum absolute atomic E-state index is 0. The van der Waals surface area contributed by atoms with Gasteiger partial charge in [-0.15, -0.1) is 0 Å². The Balaban J connectivity index is 0. The van der Waals surface area contributed by atoms with E-state index >= 15 is 0 Å². The van der Waals surface area contributed by atoms with Gasteiger partial charge in [-0.25, -0.2) is 0 Å². The molecule has 0 spiro atoms. The van der Waals surface area contributed by atoms with Crippen LogP contribution in [-0.2, 0) is 5.48 Å². The first-order valence-electron chi connectivity index (χ1n) is 0. The molecule has 0 amide bonds. The first kappa shape index (κ1) is 148. The van der Waals surface area contributed by atoms with Crippen LogP contribution in [0.2, 0.25) is 0 Å². The normalized spacial score (nSPS) is 0. The number of hydrogen-bond acceptors (Lipinski definition) is 0. The molecular weight excluding hydrogens is 72.3 g/mol. The van der Waals surface area contributed by atoms with Crippen LogP contribution in [0.3, 0.4) is 0 Å². The summed E-state index contributed by atoms with van der Waals surface area (Å²) in [5.41, 5.74) is 0. The van der Waals surface area contributed by atoms with Crippen LogP contribution in [0.5, 0.6) is 0 Å². The number of rotatable bonds is 0. The van der Waals surface area contributed by atoms with Gasteiger partial charge in [-0.1, -0.05) is 0 Å². The summed E-state index contributed by atoms with van der Waals surface area (Å²) < 4.78 is 0. The molecule has 4 N–H and O–H groups in total. The molecule has 0 radical (unpaired) electrons. The van der Waals surface area contributed by atoms with E-state index in [0.29, 0.717) is 0 Å². The van der Waals surface area contributed by atoms with Crippen molar-refractivity contribution in [2.45, 2.75) is 0 Å². The van der Waals surface area contributed by atoms with Gasteiger partial charge in [0, 0.05) is 0 Å². The minimum atomic E-state index is 0. The van der Waals surface area contributed by atoms with Crippen LogP contribution in [0.4, 0.5) is 0 Å². The Hall–Kier alpha value is 0.646. The number of hydrogen-bond donors (Lipinski definition) is 0. The fourth-order valence-corrected chi connectivity index (χ4v) is 0. The molecule has 0 rings (SSSR count). The van der Waals surface area contributed by atoms with E-state index in [-0.39, 0.29) is 39.5 Å². The van der Waals surface area contributed by atoms with E-state index in [0.717, 1.165) is 0 Å². The second kappa shape index (κ2) is 61.1. The van der Waals surface area contributed by atoms with Gasteiger partial charge in [0.15, 0.2) is 0 Å². The fraction of sp³-hybridized carbons (Fsp3) is 0. The summed E-state index contributed by atoms with van der Waals surface area (Å²) in [4.78, 5) is 0. The van der Waals surface area contributed by atoms with Gasteiger partial charge in [-0.05, 0) is 0 Å². The van der Waals surface area contributed by atoms with Gasteiger partial charge in [-0.3, -0.25) is 0 Å². The summed E-state index contributed by atoms with van der Waals surface area (Å²) >= 11 is 0. The SMILES string of the molecule is O.O.[Mg+2].[O-2]. The van der Waals surface area contributed by atoms with E-state index in [1.165, 1.54) is 0 Å². The van der Waals surface area contributed by atoms with Gasteiger partial charge in [0.1, 0.15) is 0 Å². The summed E-state index contributed by atoms with van der Waals surface area (Å²) in [7, 11) is 0. The maximum Gasteiger partial charge on any atom is 2.00 e. The second-order valence-corrected chi connectivity index (χ2v) is 0. The molecule has 0 aromatic heterocycles. The van der Waals surface area contributed by atoms with Crippen LogP contribution in [0, 0.1) is 0 Å². The van der Waals surface area contributed by atoms with Gasteiger partial charge in [-0.2, -0.15) is 0 Å². The van der Waals surface area contributed by atoms with E-state index in [9.17, 15) is 0 Å². The van der Waals surface area contributed by atoms with Gasteiger partial charge in [0.2, 0.25) is 0 Å². The molecule has 0 fully saturated rings. The predicted octanol–water partition coefficient (Wildman–Crippen LogP) is -2.15.